The zero-order valence-corrected chi connectivity index (χ0v) is 13.1. The van der Waals surface area contributed by atoms with Gasteiger partial charge in [-0.25, -0.2) is 9.97 Å². The number of rotatable bonds is 4. The van der Waals surface area contributed by atoms with Gasteiger partial charge in [-0.3, -0.25) is 4.79 Å². The van der Waals surface area contributed by atoms with E-state index < -0.39 is 0 Å². The summed E-state index contributed by atoms with van der Waals surface area (Å²) in [4.78, 5) is 22.7. The fourth-order valence-corrected chi connectivity index (χ4v) is 2.21. The van der Waals surface area contributed by atoms with Crippen molar-refractivity contribution >= 4 is 22.6 Å². The Hall–Kier alpha value is -2.17. The SMILES string of the molecule is CCN(CC(=O)NC(C)(C)C)c1ncnc2ccccc12. The summed E-state index contributed by atoms with van der Waals surface area (Å²) < 4.78 is 0. The molecule has 0 aliphatic rings. The molecule has 0 saturated carbocycles. The maximum Gasteiger partial charge on any atom is 0.239 e. The maximum absolute atomic E-state index is 12.1. The van der Waals surface area contributed by atoms with Crippen LogP contribution >= 0.6 is 0 Å². The van der Waals surface area contributed by atoms with E-state index in [4.69, 9.17) is 0 Å². The number of carbonyl (C=O) groups is 1. The summed E-state index contributed by atoms with van der Waals surface area (Å²) >= 11 is 0. The minimum Gasteiger partial charge on any atom is -0.350 e. The van der Waals surface area contributed by atoms with E-state index in [0.29, 0.717) is 6.54 Å². The molecule has 1 heterocycles. The second-order valence-corrected chi connectivity index (χ2v) is 6.03. The van der Waals surface area contributed by atoms with Crippen molar-refractivity contribution in [2.45, 2.75) is 33.2 Å². The molecular weight excluding hydrogens is 264 g/mol. The van der Waals surface area contributed by atoms with Crippen LogP contribution in [-0.2, 0) is 4.79 Å². The molecule has 0 atom stereocenters. The van der Waals surface area contributed by atoms with Gasteiger partial charge < -0.3 is 10.2 Å². The van der Waals surface area contributed by atoms with Crippen LogP contribution in [0.3, 0.4) is 0 Å². The summed E-state index contributed by atoms with van der Waals surface area (Å²) in [6.07, 6.45) is 1.54. The molecule has 21 heavy (non-hydrogen) atoms. The fraction of sp³-hybridized carbons (Fsp3) is 0.438. The molecule has 1 aromatic heterocycles. The zero-order valence-electron chi connectivity index (χ0n) is 13.1. The highest BCUT2D eigenvalue weighted by atomic mass is 16.2. The first-order valence-corrected chi connectivity index (χ1v) is 7.16. The number of anilines is 1. The van der Waals surface area contributed by atoms with Crippen molar-refractivity contribution in [3.8, 4) is 0 Å². The number of para-hydroxylation sites is 1. The Bertz CT molecular complexity index is 628. The number of likely N-dealkylation sites (N-methyl/N-ethyl adjacent to an activating group) is 1. The van der Waals surface area contributed by atoms with E-state index in [1.54, 1.807) is 6.33 Å². The first-order valence-electron chi connectivity index (χ1n) is 7.16. The summed E-state index contributed by atoms with van der Waals surface area (Å²) in [6, 6.07) is 7.83. The summed E-state index contributed by atoms with van der Waals surface area (Å²) in [7, 11) is 0. The van der Waals surface area contributed by atoms with Gasteiger partial charge in [0, 0.05) is 17.5 Å². The van der Waals surface area contributed by atoms with E-state index >= 15 is 0 Å². The van der Waals surface area contributed by atoms with Gasteiger partial charge in [-0.05, 0) is 39.8 Å². The summed E-state index contributed by atoms with van der Waals surface area (Å²) in [5.41, 5.74) is 0.654. The van der Waals surface area contributed by atoms with Gasteiger partial charge in [0.25, 0.3) is 0 Å². The van der Waals surface area contributed by atoms with E-state index in [9.17, 15) is 4.79 Å². The van der Waals surface area contributed by atoms with Crippen molar-refractivity contribution < 1.29 is 4.79 Å². The smallest absolute Gasteiger partial charge is 0.239 e. The number of nitrogens with one attached hydrogen (secondary N) is 1. The predicted octanol–water partition coefficient (Wildman–Crippen LogP) is 2.37. The highest BCUT2D eigenvalue weighted by Gasteiger charge is 2.18. The van der Waals surface area contributed by atoms with E-state index in [2.05, 4.69) is 15.3 Å². The Morgan fingerprint density at radius 1 is 1.24 bits per heavy atom. The topological polar surface area (TPSA) is 58.1 Å². The van der Waals surface area contributed by atoms with E-state index in [1.807, 2.05) is 56.9 Å². The highest BCUT2D eigenvalue weighted by Crippen LogP contribution is 2.22. The van der Waals surface area contributed by atoms with Crippen molar-refractivity contribution in [3.63, 3.8) is 0 Å². The van der Waals surface area contributed by atoms with Gasteiger partial charge in [-0.1, -0.05) is 12.1 Å². The van der Waals surface area contributed by atoms with Gasteiger partial charge in [-0.2, -0.15) is 0 Å². The van der Waals surface area contributed by atoms with Crippen LogP contribution in [0.15, 0.2) is 30.6 Å². The fourth-order valence-electron chi connectivity index (χ4n) is 2.21. The number of hydrogen-bond donors (Lipinski definition) is 1. The molecule has 0 aliphatic carbocycles. The first-order chi connectivity index (χ1) is 9.90. The first kappa shape index (κ1) is 15.2. The van der Waals surface area contributed by atoms with Gasteiger partial charge in [-0.15, -0.1) is 0 Å². The van der Waals surface area contributed by atoms with Crippen molar-refractivity contribution in [3.05, 3.63) is 30.6 Å². The summed E-state index contributed by atoms with van der Waals surface area (Å²) in [5.74, 6) is 0.791. The molecule has 1 N–H and O–H groups in total. The van der Waals surface area contributed by atoms with Crippen LogP contribution in [0.1, 0.15) is 27.7 Å². The van der Waals surface area contributed by atoms with Gasteiger partial charge in [0.1, 0.15) is 12.1 Å². The van der Waals surface area contributed by atoms with Crippen LogP contribution < -0.4 is 10.2 Å². The Labute approximate surface area is 125 Å². The van der Waals surface area contributed by atoms with Crippen LogP contribution in [0.4, 0.5) is 5.82 Å². The Morgan fingerprint density at radius 3 is 2.62 bits per heavy atom. The predicted molar refractivity (Wildman–Crippen MR) is 85.3 cm³/mol. The molecule has 0 spiro atoms. The number of amides is 1. The average molecular weight is 286 g/mol. The average Bonchev–Trinajstić information content (AvgIpc) is 2.42. The molecule has 2 rings (SSSR count). The summed E-state index contributed by atoms with van der Waals surface area (Å²) in [5, 5.41) is 3.94. The Morgan fingerprint density at radius 2 is 1.95 bits per heavy atom. The minimum absolute atomic E-state index is 0.00737. The third kappa shape index (κ3) is 3.90. The van der Waals surface area contributed by atoms with Crippen LogP contribution in [0.25, 0.3) is 10.9 Å². The molecule has 2 aromatic rings. The lowest BCUT2D eigenvalue weighted by atomic mass is 10.1. The quantitative estimate of drug-likeness (QED) is 0.937. The number of carbonyl (C=O) groups excluding carboxylic acids is 1. The molecule has 5 heteroatoms. The van der Waals surface area contributed by atoms with Gasteiger partial charge in [0.15, 0.2) is 0 Å². The number of aromatic nitrogens is 2. The van der Waals surface area contributed by atoms with Crippen molar-refractivity contribution in [2.75, 3.05) is 18.0 Å². The van der Waals surface area contributed by atoms with Crippen LogP contribution in [0.5, 0.6) is 0 Å². The summed E-state index contributed by atoms with van der Waals surface area (Å²) in [6.45, 7) is 8.93. The van der Waals surface area contributed by atoms with Gasteiger partial charge in [0.2, 0.25) is 5.91 Å². The molecule has 0 unspecified atom stereocenters. The molecule has 0 radical (unpaired) electrons. The van der Waals surface area contributed by atoms with E-state index in [0.717, 1.165) is 16.7 Å². The van der Waals surface area contributed by atoms with Crippen molar-refractivity contribution in [1.82, 2.24) is 15.3 Å². The molecule has 1 aromatic carbocycles. The lowest BCUT2D eigenvalue weighted by molar-refractivity contribution is -0.121. The molecule has 0 saturated heterocycles. The molecule has 0 bridgehead atoms. The van der Waals surface area contributed by atoms with Crippen LogP contribution in [0, 0.1) is 0 Å². The second kappa shape index (κ2) is 6.08. The Balaban J connectivity index is 2.26. The number of nitrogens with zero attached hydrogens (tertiary/aromatic N) is 3. The molecule has 5 nitrogen and oxygen atoms in total. The van der Waals surface area contributed by atoms with Crippen LogP contribution in [0.2, 0.25) is 0 Å². The highest BCUT2D eigenvalue weighted by molar-refractivity contribution is 5.91. The van der Waals surface area contributed by atoms with Gasteiger partial charge in [0.05, 0.1) is 12.1 Å². The molecule has 0 aliphatic heterocycles. The van der Waals surface area contributed by atoms with E-state index in [1.165, 1.54) is 0 Å². The zero-order chi connectivity index (χ0) is 15.5. The van der Waals surface area contributed by atoms with E-state index in [-0.39, 0.29) is 18.0 Å². The lowest BCUT2D eigenvalue weighted by Gasteiger charge is -2.26. The second-order valence-electron chi connectivity index (χ2n) is 6.03. The molecular formula is C16H22N4O. The normalized spacial score (nSPS) is 11.4. The molecule has 0 fully saturated rings. The Kier molecular flexibility index (Phi) is 4.40. The molecule has 1 amide bonds. The minimum atomic E-state index is -0.232. The van der Waals surface area contributed by atoms with Gasteiger partial charge >= 0.3 is 0 Å². The monoisotopic (exact) mass is 286 g/mol. The molecule has 112 valence electrons. The number of benzene rings is 1. The lowest BCUT2D eigenvalue weighted by Crippen LogP contribution is -2.46. The number of fused-ring (bicyclic) bond motifs is 1. The van der Waals surface area contributed by atoms with Crippen molar-refractivity contribution in [2.24, 2.45) is 0 Å². The largest absolute Gasteiger partial charge is 0.350 e. The van der Waals surface area contributed by atoms with Crippen molar-refractivity contribution in [1.29, 1.82) is 0 Å². The number of hydrogen-bond acceptors (Lipinski definition) is 4. The third-order valence-corrected chi connectivity index (χ3v) is 3.05. The third-order valence-electron chi connectivity index (χ3n) is 3.05. The maximum atomic E-state index is 12.1. The van der Waals surface area contributed by atoms with Crippen LogP contribution in [-0.4, -0.2) is 34.5 Å². The standard InChI is InChI=1S/C16H22N4O/c1-5-20(10-14(21)19-16(2,3)4)15-12-8-6-7-9-13(12)17-11-18-15/h6-9,11H,5,10H2,1-4H3,(H,19,21).